The van der Waals surface area contributed by atoms with Crippen LogP contribution in [0.5, 0.6) is 0 Å². The Morgan fingerprint density at radius 2 is 1.85 bits per heavy atom. The van der Waals surface area contributed by atoms with E-state index >= 15 is 0 Å². The van der Waals surface area contributed by atoms with Crippen molar-refractivity contribution in [1.82, 2.24) is 0 Å². The molecule has 0 radical (unpaired) electrons. The molecular weight excluding hydrogens is 420 g/mol. The van der Waals surface area contributed by atoms with Crippen molar-refractivity contribution in [3.63, 3.8) is 0 Å². The van der Waals surface area contributed by atoms with Gasteiger partial charge in [0.15, 0.2) is 0 Å². The molecule has 33 heavy (non-hydrogen) atoms. The van der Waals surface area contributed by atoms with Gasteiger partial charge < -0.3 is 9.47 Å². The number of rotatable bonds is 5. The Labute approximate surface area is 197 Å². The molecule has 6 heteroatoms. The molecule has 4 saturated carbocycles. The monoisotopic (exact) mass is 460 g/mol. The Kier molecular flexibility index (Phi) is 6.52. The third-order valence-electron chi connectivity index (χ3n) is 10.4. The summed E-state index contributed by atoms with van der Waals surface area (Å²) in [6.45, 7) is 8.06. The van der Waals surface area contributed by atoms with Crippen molar-refractivity contribution in [2.75, 3.05) is 7.11 Å². The van der Waals surface area contributed by atoms with Crippen LogP contribution in [0, 0.1) is 46.3 Å². The van der Waals surface area contributed by atoms with Gasteiger partial charge >= 0.3 is 11.9 Å². The highest BCUT2D eigenvalue weighted by Crippen LogP contribution is 2.67. The highest BCUT2D eigenvalue weighted by Gasteiger charge is 2.66. The van der Waals surface area contributed by atoms with Crippen LogP contribution in [-0.2, 0) is 28.7 Å². The van der Waals surface area contributed by atoms with Gasteiger partial charge in [-0.15, -0.1) is 0 Å². The molecule has 9 atom stereocenters. The number of hydrogen-bond acceptors (Lipinski definition) is 6. The lowest BCUT2D eigenvalue weighted by atomic mass is 9.43. The first-order valence-electron chi connectivity index (χ1n) is 12.8. The van der Waals surface area contributed by atoms with Gasteiger partial charge in [-0.1, -0.05) is 20.8 Å². The Morgan fingerprint density at radius 3 is 2.52 bits per heavy atom. The zero-order chi connectivity index (χ0) is 24.1. The van der Waals surface area contributed by atoms with E-state index in [4.69, 9.17) is 9.47 Å². The summed E-state index contributed by atoms with van der Waals surface area (Å²) in [5, 5.41) is 0. The molecule has 0 bridgehead atoms. The second kappa shape index (κ2) is 8.81. The predicted octanol–water partition coefficient (Wildman–Crippen LogP) is 4.52. The summed E-state index contributed by atoms with van der Waals surface area (Å²) >= 11 is 0. The first-order valence-corrected chi connectivity index (χ1v) is 12.8. The second-order valence-corrected chi connectivity index (χ2v) is 11.8. The van der Waals surface area contributed by atoms with Gasteiger partial charge in [0.2, 0.25) is 0 Å². The summed E-state index contributed by atoms with van der Waals surface area (Å²) in [4.78, 5) is 50.0. The molecule has 0 heterocycles. The molecule has 0 aromatic heterocycles. The molecule has 0 aliphatic heterocycles. The van der Waals surface area contributed by atoms with Crippen molar-refractivity contribution in [3.8, 4) is 0 Å². The molecule has 4 fully saturated rings. The molecule has 0 unspecified atom stereocenters. The number of esters is 2. The topological polar surface area (TPSA) is 86.7 Å². The van der Waals surface area contributed by atoms with Gasteiger partial charge in [-0.25, -0.2) is 0 Å². The molecule has 0 spiro atoms. The van der Waals surface area contributed by atoms with E-state index in [9.17, 15) is 19.2 Å². The first kappa shape index (κ1) is 24.4. The molecule has 0 N–H and O–H groups in total. The fourth-order valence-corrected chi connectivity index (χ4v) is 8.63. The van der Waals surface area contributed by atoms with Crippen molar-refractivity contribution in [1.29, 1.82) is 0 Å². The highest BCUT2D eigenvalue weighted by molar-refractivity contribution is 5.87. The minimum absolute atomic E-state index is 0.0548. The predicted molar refractivity (Wildman–Crippen MR) is 122 cm³/mol. The Bertz CT molecular complexity index is 834. The fraction of sp³-hybridized carbons (Fsp3) is 0.852. The molecule has 4 aliphatic carbocycles. The van der Waals surface area contributed by atoms with Gasteiger partial charge in [0.1, 0.15) is 17.7 Å². The Balaban J connectivity index is 1.65. The average molecular weight is 461 g/mol. The number of ketones is 2. The van der Waals surface area contributed by atoms with Gasteiger partial charge in [0, 0.05) is 43.9 Å². The number of methoxy groups -OCH3 is 1. The highest BCUT2D eigenvalue weighted by atomic mass is 16.5. The van der Waals surface area contributed by atoms with Crippen LogP contribution in [0.25, 0.3) is 0 Å². The lowest BCUT2D eigenvalue weighted by Crippen LogP contribution is -2.61. The molecule has 4 aliphatic rings. The molecular formula is C27H40O6. The van der Waals surface area contributed by atoms with Gasteiger partial charge in [0.05, 0.1) is 7.11 Å². The largest absolute Gasteiger partial charge is 0.469 e. The zero-order valence-corrected chi connectivity index (χ0v) is 20.9. The number of fused-ring (bicyclic) bond motifs is 5. The lowest BCUT2D eigenvalue weighted by Gasteiger charge is -2.61. The van der Waals surface area contributed by atoms with Crippen molar-refractivity contribution >= 4 is 23.5 Å². The van der Waals surface area contributed by atoms with Crippen LogP contribution in [0.1, 0.15) is 85.5 Å². The van der Waals surface area contributed by atoms with Crippen LogP contribution >= 0.6 is 0 Å². The summed E-state index contributed by atoms with van der Waals surface area (Å²) in [5.74, 6) is 1.28. The van der Waals surface area contributed by atoms with Crippen LogP contribution in [0.2, 0.25) is 0 Å². The van der Waals surface area contributed by atoms with E-state index in [0.29, 0.717) is 37.2 Å². The molecule has 0 amide bonds. The van der Waals surface area contributed by atoms with Gasteiger partial charge in [-0.2, -0.15) is 0 Å². The van der Waals surface area contributed by atoms with E-state index in [-0.39, 0.29) is 59.0 Å². The maximum atomic E-state index is 13.9. The summed E-state index contributed by atoms with van der Waals surface area (Å²) in [6, 6.07) is 0. The fourth-order valence-electron chi connectivity index (χ4n) is 8.63. The van der Waals surface area contributed by atoms with E-state index in [1.807, 2.05) is 0 Å². The average Bonchev–Trinajstić information content (AvgIpc) is 3.11. The van der Waals surface area contributed by atoms with Gasteiger partial charge in [0.25, 0.3) is 0 Å². The Hall–Kier alpha value is -1.72. The SMILES string of the molecule is COC(=O)CC[C@H](C)[C@H]1CC[C@H]2[C@@H]3[C@H](OC(C)=O)C[C@H]4CC(=O)CC[C@]4(C)[C@H]3CC(=O)[C@]12C. The third-order valence-corrected chi connectivity index (χ3v) is 10.4. The summed E-state index contributed by atoms with van der Waals surface area (Å²) in [7, 11) is 1.41. The standard InChI is InChI=1S/C27H40O6/c1-15(6-9-24(31)32-5)19-7-8-20-25-21(14-23(30)27(19,20)4)26(3)11-10-18(29)12-17(26)13-22(25)33-16(2)28/h15,17,19-22,25H,6-14H2,1-5H3/t15-,17+,19+,20-,21-,22+,25-,26-,27+/m0/s1. The number of carbonyl (C=O) groups is 4. The van der Waals surface area contributed by atoms with Crippen LogP contribution in [0.4, 0.5) is 0 Å². The number of carbonyl (C=O) groups excluding carboxylic acids is 4. The van der Waals surface area contributed by atoms with E-state index in [1.165, 1.54) is 14.0 Å². The van der Waals surface area contributed by atoms with Crippen LogP contribution in [-0.4, -0.2) is 36.7 Å². The van der Waals surface area contributed by atoms with E-state index < -0.39 is 5.41 Å². The minimum atomic E-state index is -0.456. The molecule has 184 valence electrons. The van der Waals surface area contributed by atoms with E-state index in [2.05, 4.69) is 20.8 Å². The quantitative estimate of drug-likeness (QED) is 0.561. The van der Waals surface area contributed by atoms with E-state index in [0.717, 1.165) is 32.1 Å². The molecule has 0 aromatic carbocycles. The smallest absolute Gasteiger partial charge is 0.305 e. The van der Waals surface area contributed by atoms with Crippen molar-refractivity contribution in [2.45, 2.75) is 91.6 Å². The van der Waals surface area contributed by atoms with E-state index in [1.54, 1.807) is 0 Å². The molecule has 0 aromatic rings. The number of Topliss-reactive ketones (excluding diaryl/α,β-unsaturated/α-hetero) is 2. The molecule has 4 rings (SSSR count). The Morgan fingerprint density at radius 1 is 1.12 bits per heavy atom. The molecule has 6 nitrogen and oxygen atoms in total. The number of hydrogen-bond donors (Lipinski definition) is 0. The van der Waals surface area contributed by atoms with Crippen molar-refractivity contribution in [2.24, 2.45) is 46.3 Å². The summed E-state index contributed by atoms with van der Waals surface area (Å²) in [5.41, 5.74) is -0.510. The van der Waals surface area contributed by atoms with Gasteiger partial charge in [-0.05, 0) is 67.1 Å². The molecule has 0 saturated heterocycles. The third kappa shape index (κ3) is 3.95. The first-order chi connectivity index (χ1) is 15.5. The van der Waals surface area contributed by atoms with Crippen molar-refractivity contribution < 1.29 is 28.7 Å². The van der Waals surface area contributed by atoms with Crippen molar-refractivity contribution in [3.05, 3.63) is 0 Å². The maximum absolute atomic E-state index is 13.9. The van der Waals surface area contributed by atoms with Crippen LogP contribution in [0.15, 0.2) is 0 Å². The summed E-state index contributed by atoms with van der Waals surface area (Å²) < 4.78 is 10.8. The van der Waals surface area contributed by atoms with Gasteiger partial charge in [-0.3, -0.25) is 19.2 Å². The van der Waals surface area contributed by atoms with Crippen LogP contribution < -0.4 is 0 Å². The zero-order valence-electron chi connectivity index (χ0n) is 20.9. The second-order valence-electron chi connectivity index (χ2n) is 11.8. The van der Waals surface area contributed by atoms with Crippen LogP contribution in [0.3, 0.4) is 0 Å². The lowest BCUT2D eigenvalue weighted by molar-refractivity contribution is -0.190. The number of ether oxygens (including phenoxy) is 2. The maximum Gasteiger partial charge on any atom is 0.305 e. The minimum Gasteiger partial charge on any atom is -0.469 e. The normalized spacial score (nSPS) is 43.2. The summed E-state index contributed by atoms with van der Waals surface area (Å²) in [6.07, 6.45) is 5.99.